The third kappa shape index (κ3) is 4.35. The Bertz CT molecular complexity index is 749. The second kappa shape index (κ2) is 7.21. The molecule has 1 aliphatic rings. The van der Waals surface area contributed by atoms with Crippen LogP contribution in [0.3, 0.4) is 0 Å². The highest BCUT2D eigenvalue weighted by Gasteiger charge is 2.37. The van der Waals surface area contributed by atoms with Crippen LogP contribution in [-0.2, 0) is 6.54 Å². The van der Waals surface area contributed by atoms with Gasteiger partial charge in [0.2, 0.25) is 0 Å². The molecule has 1 heterocycles. The number of rotatable bonds is 6. The van der Waals surface area contributed by atoms with E-state index in [1.54, 1.807) is 18.2 Å². The second-order valence-electron chi connectivity index (χ2n) is 6.39. The summed E-state index contributed by atoms with van der Waals surface area (Å²) in [5.41, 5.74) is -0.00812. The third-order valence-electron chi connectivity index (χ3n) is 4.37. The average Bonchev–Trinajstić information content (AvgIpc) is 2.96. The number of carboxylic acid groups (broad SMARTS) is 1. The standard InChI is InChI=1S/C19H20FNO4/c20-15-5-7-16(8-6-15)25-13-19(24)9-10-21(12-19)11-14-3-1-2-4-17(14)18(22)23/h1-8,24H,9-13H2,(H,22,23). The Kier molecular flexibility index (Phi) is 5.01. The number of halogens is 1. The summed E-state index contributed by atoms with van der Waals surface area (Å²) in [5, 5.41) is 19.9. The lowest BCUT2D eigenvalue weighted by atomic mass is 10.1. The average molecular weight is 345 g/mol. The van der Waals surface area contributed by atoms with Crippen molar-refractivity contribution in [2.24, 2.45) is 0 Å². The molecule has 3 rings (SSSR count). The molecule has 0 saturated carbocycles. The summed E-state index contributed by atoms with van der Waals surface area (Å²) in [7, 11) is 0. The van der Waals surface area contributed by atoms with Crippen LogP contribution in [0.25, 0.3) is 0 Å². The molecule has 1 atom stereocenters. The fourth-order valence-electron chi connectivity index (χ4n) is 3.05. The van der Waals surface area contributed by atoms with E-state index in [9.17, 15) is 19.4 Å². The highest BCUT2D eigenvalue weighted by atomic mass is 19.1. The summed E-state index contributed by atoms with van der Waals surface area (Å²) >= 11 is 0. The lowest BCUT2D eigenvalue weighted by molar-refractivity contribution is 0.00335. The molecular weight excluding hydrogens is 325 g/mol. The van der Waals surface area contributed by atoms with Gasteiger partial charge in [-0.1, -0.05) is 18.2 Å². The van der Waals surface area contributed by atoms with Crippen LogP contribution in [-0.4, -0.2) is 46.4 Å². The maximum Gasteiger partial charge on any atom is 0.336 e. The minimum Gasteiger partial charge on any atom is -0.491 e. The van der Waals surface area contributed by atoms with Crippen molar-refractivity contribution in [2.45, 2.75) is 18.6 Å². The minimum atomic E-state index is -1.01. The molecule has 2 aromatic carbocycles. The number of benzene rings is 2. The minimum absolute atomic E-state index is 0.107. The molecule has 0 radical (unpaired) electrons. The van der Waals surface area contributed by atoms with E-state index in [0.717, 1.165) is 5.56 Å². The Morgan fingerprint density at radius 3 is 2.64 bits per heavy atom. The summed E-state index contributed by atoms with van der Waals surface area (Å²) in [6.07, 6.45) is 0.531. The lowest BCUT2D eigenvalue weighted by Crippen LogP contribution is -2.39. The zero-order chi connectivity index (χ0) is 17.9. The van der Waals surface area contributed by atoms with Crippen molar-refractivity contribution in [3.8, 4) is 5.75 Å². The van der Waals surface area contributed by atoms with Crippen LogP contribution < -0.4 is 4.74 Å². The van der Waals surface area contributed by atoms with E-state index in [-0.39, 0.29) is 18.0 Å². The molecule has 1 fully saturated rings. The Hall–Kier alpha value is -2.44. The van der Waals surface area contributed by atoms with E-state index in [0.29, 0.717) is 31.8 Å². The van der Waals surface area contributed by atoms with E-state index in [1.807, 2.05) is 11.0 Å². The monoisotopic (exact) mass is 345 g/mol. The van der Waals surface area contributed by atoms with Gasteiger partial charge in [-0.2, -0.15) is 0 Å². The summed E-state index contributed by atoms with van der Waals surface area (Å²) in [4.78, 5) is 13.3. The quantitative estimate of drug-likeness (QED) is 0.842. The van der Waals surface area contributed by atoms with Gasteiger partial charge < -0.3 is 14.9 Å². The lowest BCUT2D eigenvalue weighted by Gasteiger charge is -2.24. The van der Waals surface area contributed by atoms with Gasteiger partial charge in [-0.05, 0) is 42.3 Å². The maximum atomic E-state index is 12.9. The Labute approximate surface area is 145 Å². The van der Waals surface area contributed by atoms with Crippen molar-refractivity contribution in [1.82, 2.24) is 4.90 Å². The van der Waals surface area contributed by atoms with Crippen molar-refractivity contribution in [2.75, 3.05) is 19.7 Å². The van der Waals surface area contributed by atoms with E-state index in [2.05, 4.69) is 0 Å². The van der Waals surface area contributed by atoms with E-state index in [1.165, 1.54) is 24.3 Å². The molecule has 6 heteroatoms. The number of β-amino-alcohol motifs (C(OH)–C–C–N with tert-alkyl or cyclic N) is 1. The summed E-state index contributed by atoms with van der Waals surface area (Å²) in [6, 6.07) is 12.5. The molecule has 2 N–H and O–H groups in total. The summed E-state index contributed by atoms with van der Waals surface area (Å²) in [5.74, 6) is -0.788. The molecule has 2 aromatic rings. The van der Waals surface area contributed by atoms with Crippen molar-refractivity contribution < 1.29 is 24.1 Å². The number of aliphatic hydroxyl groups is 1. The number of carbonyl (C=O) groups is 1. The van der Waals surface area contributed by atoms with Gasteiger partial charge in [0.25, 0.3) is 0 Å². The van der Waals surface area contributed by atoms with Crippen LogP contribution in [0, 0.1) is 5.82 Å². The Morgan fingerprint density at radius 2 is 1.92 bits per heavy atom. The van der Waals surface area contributed by atoms with Gasteiger partial charge in [-0.15, -0.1) is 0 Å². The number of likely N-dealkylation sites (tertiary alicyclic amines) is 1. The molecule has 0 bridgehead atoms. The van der Waals surface area contributed by atoms with Crippen LogP contribution in [0.2, 0.25) is 0 Å². The molecule has 5 nitrogen and oxygen atoms in total. The molecule has 1 unspecified atom stereocenters. The zero-order valence-corrected chi connectivity index (χ0v) is 13.7. The van der Waals surface area contributed by atoms with Crippen molar-refractivity contribution in [3.63, 3.8) is 0 Å². The Morgan fingerprint density at radius 1 is 1.20 bits per heavy atom. The summed E-state index contributed by atoms with van der Waals surface area (Å²) in [6.45, 7) is 1.61. The van der Waals surface area contributed by atoms with Crippen molar-refractivity contribution >= 4 is 5.97 Å². The first-order valence-corrected chi connectivity index (χ1v) is 8.09. The van der Waals surface area contributed by atoms with Gasteiger partial charge in [0.05, 0.1) is 5.56 Å². The Balaban J connectivity index is 1.59. The first kappa shape index (κ1) is 17.4. The van der Waals surface area contributed by atoms with Crippen LogP contribution in [0.1, 0.15) is 22.3 Å². The van der Waals surface area contributed by atoms with E-state index >= 15 is 0 Å². The zero-order valence-electron chi connectivity index (χ0n) is 13.7. The van der Waals surface area contributed by atoms with Gasteiger partial charge in [0, 0.05) is 19.6 Å². The molecule has 1 saturated heterocycles. The predicted octanol–water partition coefficient (Wildman–Crippen LogP) is 2.54. The van der Waals surface area contributed by atoms with Crippen LogP contribution in [0.15, 0.2) is 48.5 Å². The second-order valence-corrected chi connectivity index (χ2v) is 6.39. The third-order valence-corrected chi connectivity index (χ3v) is 4.37. The molecule has 0 aromatic heterocycles. The van der Waals surface area contributed by atoms with Gasteiger partial charge >= 0.3 is 5.97 Å². The van der Waals surface area contributed by atoms with Gasteiger partial charge in [-0.25, -0.2) is 9.18 Å². The van der Waals surface area contributed by atoms with Gasteiger partial charge in [0.1, 0.15) is 23.8 Å². The molecule has 1 aliphatic heterocycles. The smallest absolute Gasteiger partial charge is 0.336 e. The first-order valence-electron chi connectivity index (χ1n) is 8.09. The number of aromatic carboxylic acids is 1. The van der Waals surface area contributed by atoms with Crippen LogP contribution in [0.4, 0.5) is 4.39 Å². The largest absolute Gasteiger partial charge is 0.491 e. The molecule has 0 spiro atoms. The topological polar surface area (TPSA) is 70.0 Å². The molecule has 0 aliphatic carbocycles. The molecule has 25 heavy (non-hydrogen) atoms. The fraction of sp³-hybridized carbons (Fsp3) is 0.316. The molecular formula is C19H20FNO4. The van der Waals surface area contributed by atoms with Crippen LogP contribution in [0.5, 0.6) is 5.75 Å². The number of nitrogens with zero attached hydrogens (tertiary/aromatic N) is 1. The van der Waals surface area contributed by atoms with E-state index < -0.39 is 11.6 Å². The SMILES string of the molecule is O=C(O)c1ccccc1CN1CCC(O)(COc2ccc(F)cc2)C1. The van der Waals surface area contributed by atoms with E-state index in [4.69, 9.17) is 4.74 Å². The highest BCUT2D eigenvalue weighted by molar-refractivity contribution is 5.89. The van der Waals surface area contributed by atoms with Crippen molar-refractivity contribution in [1.29, 1.82) is 0 Å². The van der Waals surface area contributed by atoms with Gasteiger partial charge in [-0.3, -0.25) is 4.90 Å². The molecule has 132 valence electrons. The van der Waals surface area contributed by atoms with Gasteiger partial charge in [0.15, 0.2) is 0 Å². The number of ether oxygens (including phenoxy) is 1. The summed E-state index contributed by atoms with van der Waals surface area (Å²) < 4.78 is 18.5. The number of carboxylic acids is 1. The van der Waals surface area contributed by atoms with Crippen LogP contribution >= 0.6 is 0 Å². The first-order chi connectivity index (χ1) is 12.0. The number of hydrogen-bond acceptors (Lipinski definition) is 4. The normalized spacial score (nSPS) is 20.6. The predicted molar refractivity (Wildman–Crippen MR) is 90.1 cm³/mol. The fourth-order valence-corrected chi connectivity index (χ4v) is 3.05. The highest BCUT2D eigenvalue weighted by Crippen LogP contribution is 2.25. The molecule has 0 amide bonds. The van der Waals surface area contributed by atoms with Crippen molar-refractivity contribution in [3.05, 3.63) is 65.5 Å². The maximum absolute atomic E-state index is 12.9. The number of hydrogen-bond donors (Lipinski definition) is 2.